The maximum atomic E-state index is 11.8. The number of likely N-dealkylation sites (tertiary alicyclic amines) is 1. The Morgan fingerprint density at radius 2 is 1.95 bits per heavy atom. The minimum atomic E-state index is -0.220. The Morgan fingerprint density at radius 1 is 1.23 bits per heavy atom. The van der Waals surface area contributed by atoms with Crippen LogP contribution >= 0.6 is 0 Å². The molecule has 0 saturated carbocycles. The van der Waals surface area contributed by atoms with E-state index in [1.807, 2.05) is 6.07 Å². The molecule has 1 aliphatic rings. The summed E-state index contributed by atoms with van der Waals surface area (Å²) in [6.45, 7) is 7.23. The van der Waals surface area contributed by atoms with Crippen LogP contribution in [0.1, 0.15) is 30.6 Å². The van der Waals surface area contributed by atoms with Crippen molar-refractivity contribution in [1.29, 1.82) is 0 Å². The first-order valence-corrected chi connectivity index (χ1v) is 7.90. The largest absolute Gasteiger partial charge is 0.354 e. The molecule has 1 saturated heterocycles. The highest BCUT2D eigenvalue weighted by atomic mass is 16.2. The van der Waals surface area contributed by atoms with Crippen LogP contribution in [0.25, 0.3) is 0 Å². The van der Waals surface area contributed by atoms with Crippen molar-refractivity contribution >= 4 is 11.8 Å². The van der Waals surface area contributed by atoms with Crippen LogP contribution < -0.4 is 10.6 Å². The van der Waals surface area contributed by atoms with E-state index >= 15 is 0 Å². The maximum Gasteiger partial charge on any atom is 0.251 e. The van der Waals surface area contributed by atoms with Gasteiger partial charge in [0.1, 0.15) is 0 Å². The summed E-state index contributed by atoms with van der Waals surface area (Å²) in [5, 5.41) is 5.55. The van der Waals surface area contributed by atoms with E-state index in [1.54, 1.807) is 24.3 Å². The van der Waals surface area contributed by atoms with Crippen molar-refractivity contribution in [2.24, 2.45) is 5.92 Å². The lowest BCUT2D eigenvalue weighted by Gasteiger charge is -2.20. The first-order valence-electron chi connectivity index (χ1n) is 7.90. The van der Waals surface area contributed by atoms with Crippen LogP contribution in [0.15, 0.2) is 30.3 Å². The van der Waals surface area contributed by atoms with Gasteiger partial charge >= 0.3 is 0 Å². The molecule has 5 nitrogen and oxygen atoms in total. The first-order chi connectivity index (χ1) is 10.6. The van der Waals surface area contributed by atoms with E-state index in [4.69, 9.17) is 0 Å². The summed E-state index contributed by atoms with van der Waals surface area (Å²) in [5.41, 5.74) is 0.568. The minimum Gasteiger partial charge on any atom is -0.354 e. The molecule has 2 rings (SSSR count). The van der Waals surface area contributed by atoms with E-state index in [-0.39, 0.29) is 18.4 Å². The number of nitrogens with one attached hydrogen (secondary N) is 2. The van der Waals surface area contributed by atoms with Gasteiger partial charge in [0, 0.05) is 24.7 Å². The summed E-state index contributed by atoms with van der Waals surface area (Å²) in [6.07, 6.45) is 1.12. The average Bonchev–Trinajstić information content (AvgIpc) is 3.00. The van der Waals surface area contributed by atoms with Crippen molar-refractivity contribution in [1.82, 2.24) is 15.5 Å². The number of benzene rings is 1. The van der Waals surface area contributed by atoms with E-state index in [1.165, 1.54) is 0 Å². The molecule has 1 aromatic rings. The predicted molar refractivity (Wildman–Crippen MR) is 86.6 cm³/mol. The molecule has 2 amide bonds. The SMILES string of the molecule is CC(C)N1CC[C@H](CNC(=O)CNC(=O)c2ccccc2)C1. The highest BCUT2D eigenvalue weighted by molar-refractivity contribution is 5.96. The molecular formula is C17H25N3O2. The van der Waals surface area contributed by atoms with Crippen LogP contribution in [0.5, 0.6) is 0 Å². The van der Waals surface area contributed by atoms with E-state index < -0.39 is 0 Å². The van der Waals surface area contributed by atoms with Crippen molar-refractivity contribution in [3.63, 3.8) is 0 Å². The number of amides is 2. The smallest absolute Gasteiger partial charge is 0.251 e. The van der Waals surface area contributed by atoms with Gasteiger partial charge in [-0.3, -0.25) is 9.59 Å². The molecule has 1 atom stereocenters. The molecule has 0 bridgehead atoms. The summed E-state index contributed by atoms with van der Waals surface area (Å²) in [6, 6.07) is 9.47. The fraction of sp³-hybridized carbons (Fsp3) is 0.529. The number of carbonyl (C=O) groups excluding carboxylic acids is 2. The zero-order valence-electron chi connectivity index (χ0n) is 13.3. The Morgan fingerprint density at radius 3 is 2.59 bits per heavy atom. The second kappa shape index (κ2) is 7.94. The number of hydrogen-bond acceptors (Lipinski definition) is 3. The third-order valence-electron chi connectivity index (χ3n) is 4.08. The Balaban J connectivity index is 1.65. The lowest BCUT2D eigenvalue weighted by Crippen LogP contribution is -2.39. The monoisotopic (exact) mass is 303 g/mol. The standard InChI is InChI=1S/C17H25N3O2/c1-13(2)20-9-8-14(12-20)10-18-16(21)11-19-17(22)15-6-4-3-5-7-15/h3-7,13-14H,8-12H2,1-2H3,(H,18,21)(H,19,22)/t14-/m1/s1. The molecule has 5 heteroatoms. The van der Waals surface area contributed by atoms with Gasteiger partial charge in [-0.15, -0.1) is 0 Å². The molecule has 0 unspecified atom stereocenters. The molecule has 0 spiro atoms. The molecule has 0 aliphatic carbocycles. The second-order valence-electron chi connectivity index (χ2n) is 6.10. The van der Waals surface area contributed by atoms with Crippen molar-refractivity contribution in [3.8, 4) is 0 Å². The van der Waals surface area contributed by atoms with E-state index in [2.05, 4.69) is 29.4 Å². The van der Waals surface area contributed by atoms with Crippen molar-refractivity contribution in [2.75, 3.05) is 26.2 Å². The van der Waals surface area contributed by atoms with Crippen LogP contribution in [0.3, 0.4) is 0 Å². The average molecular weight is 303 g/mol. The Hall–Kier alpha value is -1.88. The zero-order chi connectivity index (χ0) is 15.9. The van der Waals surface area contributed by atoms with Crippen LogP contribution in [0, 0.1) is 5.92 Å². The van der Waals surface area contributed by atoms with Crippen LogP contribution in [0.4, 0.5) is 0 Å². The molecular weight excluding hydrogens is 278 g/mol. The number of rotatable bonds is 6. The highest BCUT2D eigenvalue weighted by Gasteiger charge is 2.24. The summed E-state index contributed by atoms with van der Waals surface area (Å²) in [7, 11) is 0. The topological polar surface area (TPSA) is 61.4 Å². The van der Waals surface area contributed by atoms with Gasteiger partial charge in [0.05, 0.1) is 6.54 Å². The van der Waals surface area contributed by atoms with Crippen LogP contribution in [0.2, 0.25) is 0 Å². The third-order valence-corrected chi connectivity index (χ3v) is 4.08. The second-order valence-corrected chi connectivity index (χ2v) is 6.10. The van der Waals surface area contributed by atoms with Gasteiger partial charge in [-0.1, -0.05) is 18.2 Å². The Labute approximate surface area is 132 Å². The summed E-state index contributed by atoms with van der Waals surface area (Å²) in [5.74, 6) is 0.158. The normalized spacial score (nSPS) is 18.4. The lowest BCUT2D eigenvalue weighted by molar-refractivity contribution is -0.120. The third kappa shape index (κ3) is 4.84. The van der Waals surface area contributed by atoms with Crippen LogP contribution in [-0.4, -0.2) is 48.9 Å². The van der Waals surface area contributed by atoms with Gasteiger partial charge in [0.15, 0.2) is 0 Å². The number of hydrogen-bond donors (Lipinski definition) is 2. The molecule has 1 heterocycles. The highest BCUT2D eigenvalue weighted by Crippen LogP contribution is 2.17. The van der Waals surface area contributed by atoms with E-state index in [0.29, 0.717) is 24.1 Å². The number of carbonyl (C=O) groups is 2. The van der Waals surface area contributed by atoms with Crippen molar-refractivity contribution in [3.05, 3.63) is 35.9 Å². The molecule has 0 radical (unpaired) electrons. The van der Waals surface area contributed by atoms with Gasteiger partial charge in [-0.2, -0.15) is 0 Å². The van der Waals surface area contributed by atoms with Gasteiger partial charge in [-0.25, -0.2) is 0 Å². The van der Waals surface area contributed by atoms with Crippen molar-refractivity contribution in [2.45, 2.75) is 26.3 Å². The van der Waals surface area contributed by atoms with Crippen molar-refractivity contribution < 1.29 is 9.59 Å². The quantitative estimate of drug-likeness (QED) is 0.832. The van der Waals surface area contributed by atoms with Gasteiger partial charge in [0.25, 0.3) is 5.91 Å². The zero-order valence-corrected chi connectivity index (χ0v) is 13.3. The van der Waals surface area contributed by atoms with Gasteiger partial charge in [-0.05, 0) is 44.9 Å². The fourth-order valence-electron chi connectivity index (χ4n) is 2.67. The van der Waals surface area contributed by atoms with Crippen LogP contribution in [-0.2, 0) is 4.79 Å². The van der Waals surface area contributed by atoms with Gasteiger partial charge < -0.3 is 15.5 Å². The molecule has 2 N–H and O–H groups in total. The first kappa shape index (κ1) is 16.5. The molecule has 1 aliphatic heterocycles. The molecule has 120 valence electrons. The molecule has 1 fully saturated rings. The lowest BCUT2D eigenvalue weighted by atomic mass is 10.1. The summed E-state index contributed by atoms with van der Waals surface area (Å²) in [4.78, 5) is 26.1. The fourth-order valence-corrected chi connectivity index (χ4v) is 2.67. The predicted octanol–water partition coefficient (Wildman–Crippen LogP) is 1.26. The Bertz CT molecular complexity index is 502. The number of nitrogens with zero attached hydrogens (tertiary/aromatic N) is 1. The van der Waals surface area contributed by atoms with Gasteiger partial charge in [0.2, 0.25) is 5.91 Å². The minimum absolute atomic E-state index is 0.0222. The van der Waals surface area contributed by atoms with E-state index in [9.17, 15) is 9.59 Å². The summed E-state index contributed by atoms with van der Waals surface area (Å²) >= 11 is 0. The van der Waals surface area contributed by atoms with E-state index in [0.717, 1.165) is 19.5 Å². The molecule has 1 aromatic carbocycles. The Kier molecular flexibility index (Phi) is 5.95. The molecule has 22 heavy (non-hydrogen) atoms. The molecule has 0 aromatic heterocycles. The summed E-state index contributed by atoms with van der Waals surface area (Å²) < 4.78 is 0. The maximum absolute atomic E-state index is 11.8.